The molecule has 1 saturated heterocycles. The Morgan fingerprint density at radius 1 is 1.22 bits per heavy atom. The fourth-order valence-electron chi connectivity index (χ4n) is 3.05. The molecule has 1 aliphatic heterocycles. The Kier molecular flexibility index (Phi) is 4.77. The molecule has 8 heteroatoms. The first-order chi connectivity index (χ1) is 13.1. The number of cyclic esters (lactones) is 1. The maximum atomic E-state index is 14.7. The topological polar surface area (TPSA) is 60.3 Å². The van der Waals surface area contributed by atoms with Crippen molar-refractivity contribution >= 4 is 23.4 Å². The minimum Gasteiger partial charge on any atom is -0.442 e. The molecule has 4 rings (SSSR count). The van der Waals surface area contributed by atoms with E-state index in [2.05, 4.69) is 10.3 Å². The van der Waals surface area contributed by atoms with Gasteiger partial charge in [-0.3, -0.25) is 4.90 Å². The van der Waals surface area contributed by atoms with Crippen LogP contribution in [0.25, 0.3) is 11.1 Å². The van der Waals surface area contributed by atoms with Crippen molar-refractivity contribution in [3.8, 4) is 11.1 Å². The highest BCUT2D eigenvalue weighted by molar-refractivity contribution is 6.17. The molecular formula is C19H16ClFN4O2. The Hall–Kier alpha value is -2.93. The Bertz CT molecular complexity index is 947. The fourth-order valence-corrected chi connectivity index (χ4v) is 3.22. The number of ether oxygens (including phenoxy) is 1. The SMILES string of the molecule is O=C1O[C@@H](Cn2ccnn2)CN1c1ccc(-c2ccc(CCl)cc2)c(F)c1. The average Bonchev–Trinajstić information content (AvgIpc) is 3.31. The van der Waals surface area contributed by atoms with Gasteiger partial charge in [-0.15, -0.1) is 16.7 Å². The van der Waals surface area contributed by atoms with Crippen molar-refractivity contribution in [3.05, 3.63) is 66.2 Å². The number of benzene rings is 2. The number of halogens is 2. The van der Waals surface area contributed by atoms with E-state index in [1.165, 1.54) is 11.0 Å². The zero-order valence-electron chi connectivity index (χ0n) is 14.3. The number of carbonyl (C=O) groups excluding carboxylic acids is 1. The molecule has 1 amide bonds. The molecule has 2 aromatic carbocycles. The first-order valence-corrected chi connectivity index (χ1v) is 8.94. The first-order valence-electron chi connectivity index (χ1n) is 8.41. The van der Waals surface area contributed by atoms with Crippen LogP contribution < -0.4 is 4.90 Å². The molecule has 27 heavy (non-hydrogen) atoms. The first kappa shape index (κ1) is 17.5. The van der Waals surface area contributed by atoms with Crippen molar-refractivity contribution in [2.24, 2.45) is 0 Å². The smallest absolute Gasteiger partial charge is 0.414 e. The highest BCUT2D eigenvalue weighted by atomic mass is 35.5. The molecule has 0 unspecified atom stereocenters. The van der Waals surface area contributed by atoms with Crippen LogP contribution in [-0.4, -0.2) is 33.7 Å². The van der Waals surface area contributed by atoms with E-state index in [9.17, 15) is 9.18 Å². The van der Waals surface area contributed by atoms with E-state index < -0.39 is 11.9 Å². The van der Waals surface area contributed by atoms with Gasteiger partial charge in [0.2, 0.25) is 0 Å². The van der Waals surface area contributed by atoms with E-state index in [0.717, 1.165) is 11.1 Å². The van der Waals surface area contributed by atoms with Crippen LogP contribution in [0.2, 0.25) is 0 Å². The average molecular weight is 387 g/mol. The number of amides is 1. The van der Waals surface area contributed by atoms with E-state index in [1.807, 2.05) is 24.3 Å². The maximum Gasteiger partial charge on any atom is 0.414 e. The molecule has 0 radical (unpaired) electrons. The van der Waals surface area contributed by atoms with Gasteiger partial charge in [-0.2, -0.15) is 0 Å². The van der Waals surface area contributed by atoms with Crippen LogP contribution in [0, 0.1) is 5.82 Å². The lowest BCUT2D eigenvalue weighted by atomic mass is 10.0. The molecule has 1 fully saturated rings. The Labute approximate surface area is 160 Å². The number of aromatic nitrogens is 3. The summed E-state index contributed by atoms with van der Waals surface area (Å²) in [4.78, 5) is 13.6. The number of anilines is 1. The Morgan fingerprint density at radius 2 is 2.04 bits per heavy atom. The van der Waals surface area contributed by atoms with Gasteiger partial charge in [0.1, 0.15) is 11.9 Å². The summed E-state index contributed by atoms with van der Waals surface area (Å²) in [6, 6.07) is 12.1. The molecule has 1 aromatic heterocycles. The molecule has 0 aliphatic carbocycles. The summed E-state index contributed by atoms with van der Waals surface area (Å²) in [6.45, 7) is 0.720. The molecule has 0 spiro atoms. The fraction of sp³-hybridized carbons (Fsp3) is 0.211. The van der Waals surface area contributed by atoms with E-state index in [0.29, 0.717) is 30.2 Å². The van der Waals surface area contributed by atoms with Gasteiger partial charge in [-0.05, 0) is 29.3 Å². The largest absolute Gasteiger partial charge is 0.442 e. The van der Waals surface area contributed by atoms with Crippen LogP contribution >= 0.6 is 11.6 Å². The lowest BCUT2D eigenvalue weighted by Crippen LogP contribution is -2.26. The maximum absolute atomic E-state index is 14.7. The molecule has 2 heterocycles. The van der Waals surface area contributed by atoms with Crippen molar-refractivity contribution in [2.75, 3.05) is 11.4 Å². The predicted octanol–water partition coefficient (Wildman–Crippen LogP) is 3.85. The minimum atomic E-state index is -0.501. The molecule has 0 bridgehead atoms. The number of rotatable bonds is 5. The molecule has 6 nitrogen and oxygen atoms in total. The minimum absolute atomic E-state index is 0.321. The van der Waals surface area contributed by atoms with Crippen LogP contribution in [0.4, 0.5) is 14.9 Å². The van der Waals surface area contributed by atoms with Gasteiger partial charge in [0.25, 0.3) is 0 Å². The lowest BCUT2D eigenvalue weighted by molar-refractivity contribution is 0.129. The van der Waals surface area contributed by atoms with Crippen LogP contribution in [0.1, 0.15) is 5.56 Å². The zero-order chi connectivity index (χ0) is 18.8. The molecule has 1 aliphatic rings. The third kappa shape index (κ3) is 3.64. The predicted molar refractivity (Wildman–Crippen MR) is 99.0 cm³/mol. The summed E-state index contributed by atoms with van der Waals surface area (Å²) in [5.41, 5.74) is 2.64. The van der Waals surface area contributed by atoms with Gasteiger partial charge in [-0.25, -0.2) is 13.9 Å². The summed E-state index contributed by atoms with van der Waals surface area (Å²) < 4.78 is 21.6. The van der Waals surface area contributed by atoms with Gasteiger partial charge in [0.05, 0.1) is 25.0 Å². The highest BCUT2D eigenvalue weighted by Crippen LogP contribution is 2.29. The van der Waals surface area contributed by atoms with Crippen LogP contribution in [0.15, 0.2) is 54.9 Å². The van der Waals surface area contributed by atoms with E-state index in [-0.39, 0.29) is 6.10 Å². The van der Waals surface area contributed by atoms with Crippen LogP contribution in [-0.2, 0) is 17.2 Å². The third-order valence-corrected chi connectivity index (χ3v) is 4.73. The summed E-state index contributed by atoms with van der Waals surface area (Å²) in [7, 11) is 0. The second-order valence-electron chi connectivity index (χ2n) is 6.24. The van der Waals surface area contributed by atoms with Gasteiger partial charge >= 0.3 is 6.09 Å². The van der Waals surface area contributed by atoms with Gasteiger partial charge in [0.15, 0.2) is 0 Å². The monoisotopic (exact) mass is 386 g/mol. The molecule has 0 saturated carbocycles. The Balaban J connectivity index is 1.52. The summed E-state index contributed by atoms with van der Waals surface area (Å²) in [5.74, 6) is 0.00721. The lowest BCUT2D eigenvalue weighted by Gasteiger charge is -2.14. The standard InChI is InChI=1S/C19H16ClFN4O2/c20-10-13-1-3-14(4-2-13)17-6-5-15(9-18(17)21)25-12-16(27-19(25)26)11-24-8-7-22-23-24/h1-9,16H,10-12H2/t16-/m0/s1. The molecule has 0 N–H and O–H groups in total. The summed E-state index contributed by atoms with van der Waals surface area (Å²) >= 11 is 5.79. The number of alkyl halides is 1. The zero-order valence-corrected chi connectivity index (χ0v) is 15.0. The summed E-state index contributed by atoms with van der Waals surface area (Å²) in [5, 5.41) is 7.59. The molecular weight excluding hydrogens is 371 g/mol. The molecule has 138 valence electrons. The quantitative estimate of drug-likeness (QED) is 0.625. The third-order valence-electron chi connectivity index (χ3n) is 4.42. The van der Waals surface area contributed by atoms with Crippen molar-refractivity contribution in [1.82, 2.24) is 15.0 Å². The van der Waals surface area contributed by atoms with E-state index in [1.54, 1.807) is 29.2 Å². The van der Waals surface area contributed by atoms with Crippen molar-refractivity contribution in [3.63, 3.8) is 0 Å². The summed E-state index contributed by atoms with van der Waals surface area (Å²) in [6.07, 6.45) is 2.38. The highest BCUT2D eigenvalue weighted by Gasteiger charge is 2.33. The van der Waals surface area contributed by atoms with Gasteiger partial charge in [0, 0.05) is 17.6 Å². The second kappa shape index (κ2) is 7.36. The van der Waals surface area contributed by atoms with Gasteiger partial charge < -0.3 is 4.74 Å². The van der Waals surface area contributed by atoms with Crippen molar-refractivity contribution in [2.45, 2.75) is 18.5 Å². The number of hydrogen-bond acceptors (Lipinski definition) is 4. The second-order valence-corrected chi connectivity index (χ2v) is 6.50. The van der Waals surface area contributed by atoms with Crippen LogP contribution in [0.3, 0.4) is 0 Å². The van der Waals surface area contributed by atoms with E-state index >= 15 is 0 Å². The van der Waals surface area contributed by atoms with Crippen molar-refractivity contribution in [1.29, 1.82) is 0 Å². The molecule has 3 aromatic rings. The van der Waals surface area contributed by atoms with Crippen LogP contribution in [0.5, 0.6) is 0 Å². The number of nitrogens with zero attached hydrogens (tertiary/aromatic N) is 4. The normalized spacial score (nSPS) is 16.6. The molecule has 1 atom stereocenters. The van der Waals surface area contributed by atoms with Gasteiger partial charge in [-0.1, -0.05) is 29.5 Å². The Morgan fingerprint density at radius 3 is 2.70 bits per heavy atom. The number of hydrogen-bond donors (Lipinski definition) is 0. The number of carbonyl (C=O) groups is 1. The van der Waals surface area contributed by atoms with E-state index in [4.69, 9.17) is 16.3 Å². The van der Waals surface area contributed by atoms with Crippen molar-refractivity contribution < 1.29 is 13.9 Å².